The highest BCUT2D eigenvalue weighted by molar-refractivity contribution is 5.95. The summed E-state index contributed by atoms with van der Waals surface area (Å²) in [5, 5.41) is 16.3. The molecule has 6 nitrogen and oxygen atoms in total. The predicted octanol–water partition coefficient (Wildman–Crippen LogP) is 2.06. The van der Waals surface area contributed by atoms with Crippen molar-refractivity contribution in [3.8, 4) is 0 Å². The van der Waals surface area contributed by atoms with Gasteiger partial charge in [-0.05, 0) is 31.4 Å². The van der Waals surface area contributed by atoms with Gasteiger partial charge < -0.3 is 10.6 Å². The van der Waals surface area contributed by atoms with Crippen molar-refractivity contribution in [3.05, 3.63) is 34.1 Å². The second-order valence-electron chi connectivity index (χ2n) is 5.08. The Morgan fingerprint density at radius 1 is 1.50 bits per heavy atom. The van der Waals surface area contributed by atoms with Gasteiger partial charge in [0.15, 0.2) is 0 Å². The van der Waals surface area contributed by atoms with Crippen LogP contribution in [-0.2, 0) is 4.79 Å². The lowest BCUT2D eigenvalue weighted by molar-refractivity contribution is -0.385. The second kappa shape index (κ2) is 5.96. The number of carbonyl (C=O) groups is 1. The number of nitro groups is 1. The average Bonchev–Trinajstić information content (AvgIpc) is 2.37. The Morgan fingerprint density at radius 2 is 2.25 bits per heavy atom. The van der Waals surface area contributed by atoms with Gasteiger partial charge >= 0.3 is 0 Å². The number of carbonyl (C=O) groups excluding carboxylic acids is 1. The van der Waals surface area contributed by atoms with E-state index in [1.165, 1.54) is 0 Å². The van der Waals surface area contributed by atoms with Crippen LogP contribution in [0.5, 0.6) is 0 Å². The molecule has 0 radical (unpaired) electrons. The Morgan fingerprint density at radius 3 is 2.90 bits per heavy atom. The first-order chi connectivity index (χ1) is 9.45. The molecule has 1 amide bonds. The second-order valence-corrected chi connectivity index (χ2v) is 5.08. The molecule has 1 heterocycles. The van der Waals surface area contributed by atoms with E-state index in [1.54, 1.807) is 0 Å². The first-order valence-electron chi connectivity index (χ1n) is 6.45. The van der Waals surface area contributed by atoms with E-state index in [-0.39, 0.29) is 23.3 Å². The zero-order chi connectivity index (χ0) is 14.7. The Kier molecular flexibility index (Phi) is 4.29. The highest BCUT2D eigenvalue weighted by atomic mass is 19.1. The van der Waals surface area contributed by atoms with Crippen molar-refractivity contribution in [1.29, 1.82) is 0 Å². The first kappa shape index (κ1) is 14.4. The average molecular weight is 281 g/mol. The summed E-state index contributed by atoms with van der Waals surface area (Å²) in [6, 6.07) is 2.68. The Bertz CT molecular complexity index is 536. The van der Waals surface area contributed by atoms with Crippen LogP contribution in [0.1, 0.15) is 19.8 Å². The Labute approximate surface area is 115 Å². The Balaban J connectivity index is 2.09. The molecule has 0 aliphatic carbocycles. The minimum absolute atomic E-state index is 0.0988. The molecule has 20 heavy (non-hydrogen) atoms. The van der Waals surface area contributed by atoms with Gasteiger partial charge in [0, 0.05) is 6.07 Å². The number of nitrogens with one attached hydrogen (secondary N) is 2. The van der Waals surface area contributed by atoms with Gasteiger partial charge in [0.1, 0.15) is 5.82 Å². The molecule has 1 aromatic carbocycles. The van der Waals surface area contributed by atoms with Gasteiger partial charge in [-0.3, -0.25) is 14.9 Å². The van der Waals surface area contributed by atoms with Gasteiger partial charge in [0.25, 0.3) is 5.69 Å². The highest BCUT2D eigenvalue weighted by Gasteiger charge is 2.25. The van der Waals surface area contributed by atoms with Gasteiger partial charge in [-0.1, -0.05) is 6.92 Å². The molecule has 2 unspecified atom stereocenters. The van der Waals surface area contributed by atoms with Crippen LogP contribution in [0.4, 0.5) is 15.8 Å². The van der Waals surface area contributed by atoms with E-state index in [4.69, 9.17) is 0 Å². The number of benzene rings is 1. The lowest BCUT2D eigenvalue weighted by Gasteiger charge is -2.27. The summed E-state index contributed by atoms with van der Waals surface area (Å²) in [7, 11) is 0. The standard InChI is InChI=1S/C13H16FN3O3/c1-8-2-3-15-12(4-8)13(18)16-10-5-9(14)6-11(7-10)17(19)20/h5-8,12,15H,2-4H2,1H3,(H,16,18). The SMILES string of the molecule is CC1CCNC(C(=O)Nc2cc(F)cc([N+](=O)[O-])c2)C1. The van der Waals surface area contributed by atoms with Crippen molar-refractivity contribution in [2.75, 3.05) is 11.9 Å². The molecule has 7 heteroatoms. The van der Waals surface area contributed by atoms with Crippen LogP contribution in [0.2, 0.25) is 0 Å². The topological polar surface area (TPSA) is 84.3 Å². The Hall–Kier alpha value is -2.02. The number of hydrogen-bond donors (Lipinski definition) is 2. The summed E-state index contributed by atoms with van der Waals surface area (Å²) in [6.07, 6.45) is 1.71. The van der Waals surface area contributed by atoms with Gasteiger partial charge in [0.05, 0.1) is 22.7 Å². The van der Waals surface area contributed by atoms with Crippen LogP contribution < -0.4 is 10.6 Å². The predicted molar refractivity (Wildman–Crippen MR) is 71.9 cm³/mol. The first-order valence-corrected chi connectivity index (χ1v) is 6.45. The van der Waals surface area contributed by atoms with E-state index >= 15 is 0 Å². The zero-order valence-electron chi connectivity index (χ0n) is 11.1. The fraction of sp³-hybridized carbons (Fsp3) is 0.462. The number of non-ortho nitro benzene ring substituents is 1. The molecule has 0 bridgehead atoms. The molecule has 2 rings (SSSR count). The van der Waals surface area contributed by atoms with Gasteiger partial charge in [0.2, 0.25) is 5.91 Å². The van der Waals surface area contributed by atoms with Crippen molar-refractivity contribution in [2.24, 2.45) is 5.92 Å². The fourth-order valence-corrected chi connectivity index (χ4v) is 2.29. The lowest BCUT2D eigenvalue weighted by Crippen LogP contribution is -2.45. The van der Waals surface area contributed by atoms with Crippen LogP contribution in [-0.4, -0.2) is 23.4 Å². The van der Waals surface area contributed by atoms with E-state index in [1.807, 2.05) is 0 Å². The minimum atomic E-state index is -0.750. The van der Waals surface area contributed by atoms with Crippen molar-refractivity contribution in [3.63, 3.8) is 0 Å². The maximum absolute atomic E-state index is 13.3. The molecule has 1 aliphatic rings. The minimum Gasteiger partial charge on any atom is -0.324 e. The van der Waals surface area contributed by atoms with Gasteiger partial charge in [-0.15, -0.1) is 0 Å². The number of nitrogens with zero attached hydrogens (tertiary/aromatic N) is 1. The fourth-order valence-electron chi connectivity index (χ4n) is 2.29. The van der Waals surface area contributed by atoms with Crippen LogP contribution in [0.15, 0.2) is 18.2 Å². The van der Waals surface area contributed by atoms with E-state index in [2.05, 4.69) is 17.6 Å². The zero-order valence-corrected chi connectivity index (χ0v) is 11.1. The molecule has 2 N–H and O–H groups in total. The van der Waals surface area contributed by atoms with Gasteiger partial charge in [-0.25, -0.2) is 4.39 Å². The molecular formula is C13H16FN3O3. The van der Waals surface area contributed by atoms with E-state index in [0.29, 0.717) is 12.3 Å². The molecule has 1 fully saturated rings. The van der Waals surface area contributed by atoms with E-state index < -0.39 is 10.7 Å². The molecule has 2 atom stereocenters. The summed E-state index contributed by atoms with van der Waals surface area (Å²) in [5.41, 5.74) is -0.285. The van der Waals surface area contributed by atoms with E-state index in [9.17, 15) is 19.3 Å². The number of anilines is 1. The third-order valence-corrected chi connectivity index (χ3v) is 3.34. The van der Waals surface area contributed by atoms with Gasteiger partial charge in [-0.2, -0.15) is 0 Å². The largest absolute Gasteiger partial charge is 0.324 e. The smallest absolute Gasteiger partial charge is 0.274 e. The van der Waals surface area contributed by atoms with Crippen LogP contribution in [0.3, 0.4) is 0 Å². The molecule has 1 aromatic rings. The van der Waals surface area contributed by atoms with Crippen molar-refractivity contribution >= 4 is 17.3 Å². The number of rotatable bonds is 3. The lowest BCUT2D eigenvalue weighted by atomic mass is 9.94. The number of piperidine rings is 1. The number of hydrogen-bond acceptors (Lipinski definition) is 4. The molecule has 108 valence electrons. The van der Waals surface area contributed by atoms with Crippen molar-refractivity contribution < 1.29 is 14.1 Å². The number of nitro benzene ring substituents is 1. The van der Waals surface area contributed by atoms with Crippen molar-refractivity contribution in [2.45, 2.75) is 25.8 Å². The summed E-state index contributed by atoms with van der Waals surface area (Å²) in [6.45, 7) is 2.82. The third-order valence-electron chi connectivity index (χ3n) is 3.34. The monoisotopic (exact) mass is 281 g/mol. The molecule has 1 saturated heterocycles. The number of amides is 1. The summed E-state index contributed by atoms with van der Waals surface area (Å²) >= 11 is 0. The molecular weight excluding hydrogens is 265 g/mol. The van der Waals surface area contributed by atoms with Crippen LogP contribution in [0.25, 0.3) is 0 Å². The summed E-state index contributed by atoms with van der Waals surface area (Å²) in [5.74, 6) is -0.607. The number of halogens is 1. The summed E-state index contributed by atoms with van der Waals surface area (Å²) < 4.78 is 13.3. The normalized spacial score (nSPS) is 22.3. The van der Waals surface area contributed by atoms with Crippen LogP contribution in [0, 0.1) is 21.8 Å². The molecule has 0 saturated carbocycles. The maximum atomic E-state index is 13.3. The molecule has 1 aliphatic heterocycles. The molecule has 0 spiro atoms. The maximum Gasteiger partial charge on any atom is 0.274 e. The quantitative estimate of drug-likeness (QED) is 0.656. The summed E-state index contributed by atoms with van der Waals surface area (Å²) in [4.78, 5) is 22.0. The van der Waals surface area contributed by atoms with Crippen molar-refractivity contribution in [1.82, 2.24) is 5.32 Å². The highest BCUT2D eigenvalue weighted by Crippen LogP contribution is 2.21. The van der Waals surface area contributed by atoms with Crippen LogP contribution >= 0.6 is 0 Å². The third kappa shape index (κ3) is 3.51. The molecule has 0 aromatic heterocycles. The van der Waals surface area contributed by atoms with E-state index in [0.717, 1.165) is 31.2 Å².